The van der Waals surface area contributed by atoms with Gasteiger partial charge in [0.1, 0.15) is 28.4 Å². The predicted octanol–water partition coefficient (Wildman–Crippen LogP) is 2.74. The summed E-state index contributed by atoms with van der Waals surface area (Å²) < 4.78 is 23.0. The second-order valence-electron chi connectivity index (χ2n) is 4.58. The minimum atomic E-state index is -1.02. The number of phenolic OH excluding ortho intramolecular Hbond substituents is 2. The number of fused-ring (bicyclic) bond motifs is 1. The predicted molar refractivity (Wildman–Crippen MR) is 79.1 cm³/mol. The van der Waals surface area contributed by atoms with Gasteiger partial charge in [0, 0.05) is 10.8 Å². The topological polar surface area (TPSA) is 93.1 Å². The highest BCUT2D eigenvalue weighted by Gasteiger charge is 2.30. The van der Waals surface area contributed by atoms with Crippen LogP contribution in [0.2, 0.25) is 0 Å². The minimum absolute atomic E-state index is 0.00273. The zero-order valence-corrected chi connectivity index (χ0v) is 12.6. The summed E-state index contributed by atoms with van der Waals surface area (Å²) in [6.07, 6.45) is 0. The van der Waals surface area contributed by atoms with Gasteiger partial charge >= 0.3 is 11.9 Å². The van der Waals surface area contributed by atoms with Crippen molar-refractivity contribution in [2.24, 2.45) is 0 Å². The van der Waals surface area contributed by atoms with Crippen LogP contribution in [0.25, 0.3) is 10.8 Å². The summed E-state index contributed by atoms with van der Waals surface area (Å²) in [5, 5.41) is 20.5. The number of phenols is 2. The molecule has 0 heterocycles. The van der Waals surface area contributed by atoms with E-state index in [1.54, 1.807) is 13.8 Å². The normalized spacial score (nSPS) is 10.6. The number of ether oxygens (including phenoxy) is 2. The summed E-state index contributed by atoms with van der Waals surface area (Å²) >= 11 is 0. The monoisotopic (exact) mass is 322 g/mol. The lowest BCUT2D eigenvalue weighted by Gasteiger charge is -2.15. The van der Waals surface area contributed by atoms with E-state index in [0.717, 1.165) is 12.1 Å². The van der Waals surface area contributed by atoms with Crippen molar-refractivity contribution in [1.29, 1.82) is 0 Å². The first-order valence-corrected chi connectivity index (χ1v) is 6.93. The average molecular weight is 322 g/mol. The Kier molecular flexibility index (Phi) is 4.68. The zero-order chi connectivity index (χ0) is 17.1. The van der Waals surface area contributed by atoms with Crippen molar-refractivity contribution >= 4 is 22.7 Å². The fourth-order valence-corrected chi connectivity index (χ4v) is 2.23. The lowest BCUT2D eigenvalue weighted by molar-refractivity contribution is 0.0473. The Morgan fingerprint density at radius 2 is 1.43 bits per heavy atom. The molecule has 0 aliphatic heterocycles. The number of halogens is 1. The summed E-state index contributed by atoms with van der Waals surface area (Å²) in [5.41, 5.74) is -1.07. The van der Waals surface area contributed by atoms with Crippen LogP contribution in [0.15, 0.2) is 18.2 Å². The van der Waals surface area contributed by atoms with Crippen LogP contribution in [0.5, 0.6) is 11.5 Å². The number of carbonyl (C=O) groups excluding carboxylic acids is 2. The van der Waals surface area contributed by atoms with Crippen LogP contribution in [0.3, 0.4) is 0 Å². The maximum atomic E-state index is 13.4. The first kappa shape index (κ1) is 16.5. The molecule has 0 fully saturated rings. The van der Waals surface area contributed by atoms with Gasteiger partial charge < -0.3 is 19.7 Å². The minimum Gasteiger partial charge on any atom is -0.506 e. The van der Waals surface area contributed by atoms with Crippen molar-refractivity contribution in [3.8, 4) is 11.5 Å². The van der Waals surface area contributed by atoms with E-state index in [9.17, 15) is 24.2 Å². The van der Waals surface area contributed by atoms with Crippen LogP contribution in [0, 0.1) is 5.82 Å². The Balaban J connectivity index is 2.86. The molecule has 0 aromatic heterocycles. The number of hydrogen-bond donors (Lipinski definition) is 2. The quantitative estimate of drug-likeness (QED) is 0.664. The molecule has 6 nitrogen and oxygen atoms in total. The van der Waals surface area contributed by atoms with Gasteiger partial charge in [-0.3, -0.25) is 0 Å². The number of rotatable bonds is 4. The third-order valence-corrected chi connectivity index (χ3v) is 3.17. The highest BCUT2D eigenvalue weighted by molar-refractivity contribution is 6.14. The summed E-state index contributed by atoms with van der Waals surface area (Å²) in [6.45, 7) is 3.08. The van der Waals surface area contributed by atoms with Gasteiger partial charge in [-0.05, 0) is 32.0 Å². The molecule has 0 radical (unpaired) electrons. The summed E-state index contributed by atoms with van der Waals surface area (Å²) in [7, 11) is 0. The van der Waals surface area contributed by atoms with Crippen molar-refractivity contribution in [2.45, 2.75) is 13.8 Å². The van der Waals surface area contributed by atoms with E-state index in [0.29, 0.717) is 0 Å². The lowest BCUT2D eigenvalue weighted by Crippen LogP contribution is -2.15. The van der Waals surface area contributed by atoms with Crippen LogP contribution in [0.1, 0.15) is 34.6 Å². The van der Waals surface area contributed by atoms with E-state index in [1.165, 1.54) is 6.07 Å². The first-order chi connectivity index (χ1) is 10.9. The van der Waals surface area contributed by atoms with Crippen LogP contribution in [-0.4, -0.2) is 35.4 Å². The molecular weight excluding hydrogens is 307 g/mol. The van der Waals surface area contributed by atoms with E-state index < -0.39 is 40.4 Å². The molecule has 0 aliphatic rings. The molecule has 122 valence electrons. The smallest absolute Gasteiger partial charge is 0.342 e. The number of esters is 2. The number of hydrogen-bond acceptors (Lipinski definition) is 6. The Bertz CT molecular complexity index is 784. The van der Waals surface area contributed by atoms with Gasteiger partial charge in [0.15, 0.2) is 0 Å². The second-order valence-corrected chi connectivity index (χ2v) is 4.58. The standard InChI is InChI=1S/C16H15FO6/c1-3-22-15(20)11-12(16(21)23-4-2)14(19)10-7-8(17)5-6-9(10)13(11)18/h5-7,18-19H,3-4H2,1-2H3. The molecule has 2 N–H and O–H groups in total. The van der Waals surface area contributed by atoms with Crippen molar-refractivity contribution in [2.75, 3.05) is 13.2 Å². The van der Waals surface area contributed by atoms with Gasteiger partial charge in [-0.25, -0.2) is 14.0 Å². The molecule has 0 spiro atoms. The van der Waals surface area contributed by atoms with Crippen molar-refractivity contribution in [1.82, 2.24) is 0 Å². The van der Waals surface area contributed by atoms with Crippen molar-refractivity contribution in [3.63, 3.8) is 0 Å². The zero-order valence-electron chi connectivity index (χ0n) is 12.6. The summed E-state index contributed by atoms with van der Waals surface area (Å²) in [5.74, 6) is -3.92. The van der Waals surface area contributed by atoms with Crippen LogP contribution in [-0.2, 0) is 9.47 Å². The number of benzene rings is 2. The van der Waals surface area contributed by atoms with Crippen LogP contribution in [0.4, 0.5) is 4.39 Å². The van der Waals surface area contributed by atoms with Crippen molar-refractivity contribution < 1.29 is 33.7 Å². The highest BCUT2D eigenvalue weighted by Crippen LogP contribution is 2.40. The van der Waals surface area contributed by atoms with E-state index in [4.69, 9.17) is 9.47 Å². The van der Waals surface area contributed by atoms with Gasteiger partial charge in [-0.1, -0.05) is 0 Å². The second kappa shape index (κ2) is 6.51. The summed E-state index contributed by atoms with van der Waals surface area (Å²) in [4.78, 5) is 24.2. The maximum absolute atomic E-state index is 13.4. The molecular formula is C16H15FO6. The van der Waals surface area contributed by atoms with Gasteiger partial charge in [-0.2, -0.15) is 0 Å². The van der Waals surface area contributed by atoms with Gasteiger partial charge in [0.25, 0.3) is 0 Å². The van der Waals surface area contributed by atoms with E-state index in [-0.39, 0.29) is 24.0 Å². The van der Waals surface area contributed by atoms with E-state index in [1.807, 2.05) is 0 Å². The van der Waals surface area contributed by atoms with E-state index >= 15 is 0 Å². The molecule has 23 heavy (non-hydrogen) atoms. The molecule has 7 heteroatoms. The maximum Gasteiger partial charge on any atom is 0.342 e. The average Bonchev–Trinajstić information content (AvgIpc) is 2.50. The molecule has 2 rings (SSSR count). The van der Waals surface area contributed by atoms with Crippen molar-refractivity contribution in [3.05, 3.63) is 35.1 Å². The van der Waals surface area contributed by atoms with Crippen LogP contribution < -0.4 is 0 Å². The molecule has 0 aliphatic carbocycles. The number of aromatic hydroxyl groups is 2. The first-order valence-electron chi connectivity index (χ1n) is 6.93. The lowest BCUT2D eigenvalue weighted by atomic mass is 9.97. The fourth-order valence-electron chi connectivity index (χ4n) is 2.23. The van der Waals surface area contributed by atoms with E-state index in [2.05, 4.69) is 0 Å². The van der Waals surface area contributed by atoms with Crippen LogP contribution >= 0.6 is 0 Å². The molecule has 2 aromatic carbocycles. The highest BCUT2D eigenvalue weighted by atomic mass is 19.1. The molecule has 0 bridgehead atoms. The Labute approximate surface area is 131 Å². The molecule has 0 unspecified atom stereocenters. The SMILES string of the molecule is CCOC(=O)c1c(C(=O)OCC)c(O)c2cc(F)ccc2c1O. The van der Waals surface area contributed by atoms with Gasteiger partial charge in [0.2, 0.25) is 0 Å². The fraction of sp³-hybridized carbons (Fsp3) is 0.250. The number of carbonyl (C=O) groups is 2. The largest absolute Gasteiger partial charge is 0.506 e. The molecule has 2 aromatic rings. The molecule has 0 saturated heterocycles. The van der Waals surface area contributed by atoms with Gasteiger partial charge in [-0.15, -0.1) is 0 Å². The molecule has 0 saturated carbocycles. The Morgan fingerprint density at radius 1 is 0.957 bits per heavy atom. The summed E-state index contributed by atoms with van der Waals surface area (Å²) in [6, 6.07) is 3.19. The molecule has 0 atom stereocenters. The molecule has 0 amide bonds. The Morgan fingerprint density at radius 3 is 1.91 bits per heavy atom. The Hall–Kier alpha value is -2.83. The third-order valence-electron chi connectivity index (χ3n) is 3.17. The van der Waals surface area contributed by atoms with Gasteiger partial charge in [0.05, 0.1) is 13.2 Å². The third kappa shape index (κ3) is 2.90.